The number of esters is 1. The average molecular weight is 254 g/mol. The summed E-state index contributed by atoms with van der Waals surface area (Å²) in [5, 5.41) is 0.996. The number of carbonyl (C=O) groups is 1. The molecule has 0 spiro atoms. The van der Waals surface area contributed by atoms with E-state index in [9.17, 15) is 4.79 Å². The van der Waals surface area contributed by atoms with E-state index in [1.165, 1.54) is 0 Å². The molecule has 0 saturated heterocycles. The van der Waals surface area contributed by atoms with Crippen molar-refractivity contribution in [2.75, 3.05) is 6.61 Å². The van der Waals surface area contributed by atoms with Crippen LogP contribution in [0.3, 0.4) is 0 Å². The zero-order valence-corrected chi connectivity index (χ0v) is 10.6. The number of hydrogen-bond donors (Lipinski definition) is 2. The maximum Gasteiger partial charge on any atom is 0.354 e. The third-order valence-corrected chi connectivity index (χ3v) is 3.03. The van der Waals surface area contributed by atoms with Gasteiger partial charge < -0.3 is 14.7 Å². The molecule has 1 aromatic carbocycles. The van der Waals surface area contributed by atoms with E-state index in [4.69, 9.17) is 4.74 Å². The van der Waals surface area contributed by atoms with E-state index in [-0.39, 0.29) is 5.97 Å². The zero-order valence-electron chi connectivity index (χ0n) is 10.6. The molecule has 0 radical (unpaired) electrons. The van der Waals surface area contributed by atoms with Gasteiger partial charge in [0.05, 0.1) is 6.61 Å². The summed E-state index contributed by atoms with van der Waals surface area (Å²) >= 11 is 0. The second-order valence-electron chi connectivity index (χ2n) is 4.29. The standard InChI is InChI=1S/C15H14N2O2/c1-2-19-15(18)14-9-11-8-10(5-6-13(11)17-14)12-4-3-7-16-12/h3-9,16-17H,2H2,1H3. The van der Waals surface area contributed by atoms with Crippen molar-refractivity contribution in [2.45, 2.75) is 6.92 Å². The lowest BCUT2D eigenvalue weighted by Crippen LogP contribution is -2.04. The van der Waals surface area contributed by atoms with Crippen molar-refractivity contribution in [2.24, 2.45) is 0 Å². The molecule has 0 fully saturated rings. The maximum atomic E-state index is 11.7. The Morgan fingerprint density at radius 1 is 1.26 bits per heavy atom. The summed E-state index contributed by atoms with van der Waals surface area (Å²) in [5.74, 6) is -0.319. The van der Waals surface area contributed by atoms with Gasteiger partial charge in [-0.05, 0) is 42.8 Å². The molecule has 2 heterocycles. The predicted molar refractivity (Wildman–Crippen MR) is 74.0 cm³/mol. The van der Waals surface area contributed by atoms with Crippen LogP contribution >= 0.6 is 0 Å². The van der Waals surface area contributed by atoms with Gasteiger partial charge in [0.2, 0.25) is 0 Å². The molecule has 3 rings (SSSR count). The van der Waals surface area contributed by atoms with Crippen LogP contribution < -0.4 is 0 Å². The Morgan fingerprint density at radius 2 is 2.16 bits per heavy atom. The number of aromatic nitrogens is 2. The van der Waals surface area contributed by atoms with Crippen molar-refractivity contribution >= 4 is 16.9 Å². The van der Waals surface area contributed by atoms with Gasteiger partial charge in [-0.3, -0.25) is 0 Å². The van der Waals surface area contributed by atoms with Gasteiger partial charge in [0.25, 0.3) is 0 Å². The lowest BCUT2D eigenvalue weighted by molar-refractivity contribution is 0.0520. The molecule has 0 saturated carbocycles. The average Bonchev–Trinajstić information content (AvgIpc) is 3.07. The molecule has 0 aliphatic carbocycles. The van der Waals surface area contributed by atoms with Gasteiger partial charge in [0.15, 0.2) is 0 Å². The van der Waals surface area contributed by atoms with Gasteiger partial charge in [-0.1, -0.05) is 6.07 Å². The second kappa shape index (κ2) is 4.65. The summed E-state index contributed by atoms with van der Waals surface area (Å²) in [7, 11) is 0. The minimum atomic E-state index is -0.319. The molecule has 3 aromatic rings. The molecular formula is C15H14N2O2. The molecule has 0 aliphatic heterocycles. The van der Waals surface area contributed by atoms with Crippen LogP contribution in [-0.2, 0) is 4.74 Å². The van der Waals surface area contributed by atoms with Gasteiger partial charge in [-0.25, -0.2) is 4.79 Å². The first-order valence-corrected chi connectivity index (χ1v) is 6.21. The summed E-state index contributed by atoms with van der Waals surface area (Å²) in [4.78, 5) is 17.9. The number of nitrogens with one attached hydrogen (secondary N) is 2. The van der Waals surface area contributed by atoms with Gasteiger partial charge in [-0.2, -0.15) is 0 Å². The van der Waals surface area contributed by atoms with Gasteiger partial charge in [-0.15, -0.1) is 0 Å². The van der Waals surface area contributed by atoms with Crippen LogP contribution in [0.1, 0.15) is 17.4 Å². The number of ether oxygens (including phenoxy) is 1. The highest BCUT2D eigenvalue weighted by Crippen LogP contribution is 2.24. The topological polar surface area (TPSA) is 57.9 Å². The smallest absolute Gasteiger partial charge is 0.354 e. The van der Waals surface area contributed by atoms with Crippen LogP contribution in [0.15, 0.2) is 42.6 Å². The van der Waals surface area contributed by atoms with Crippen molar-refractivity contribution in [1.82, 2.24) is 9.97 Å². The molecule has 0 atom stereocenters. The van der Waals surface area contributed by atoms with Crippen LogP contribution in [0.4, 0.5) is 0 Å². The van der Waals surface area contributed by atoms with Crippen LogP contribution in [0.25, 0.3) is 22.2 Å². The first-order chi connectivity index (χ1) is 9.28. The first-order valence-electron chi connectivity index (χ1n) is 6.21. The molecule has 0 aliphatic rings. The van der Waals surface area contributed by atoms with Crippen molar-refractivity contribution < 1.29 is 9.53 Å². The molecule has 4 heteroatoms. The number of aromatic amines is 2. The van der Waals surface area contributed by atoms with E-state index < -0.39 is 0 Å². The van der Waals surface area contributed by atoms with E-state index in [1.807, 2.05) is 42.6 Å². The second-order valence-corrected chi connectivity index (χ2v) is 4.29. The third kappa shape index (κ3) is 2.12. The summed E-state index contributed by atoms with van der Waals surface area (Å²) in [5.41, 5.74) is 3.56. The summed E-state index contributed by atoms with van der Waals surface area (Å²) in [6.07, 6.45) is 1.89. The van der Waals surface area contributed by atoms with Crippen LogP contribution in [0, 0.1) is 0 Å². The summed E-state index contributed by atoms with van der Waals surface area (Å²) in [6, 6.07) is 11.8. The van der Waals surface area contributed by atoms with Crippen molar-refractivity contribution in [1.29, 1.82) is 0 Å². The third-order valence-electron chi connectivity index (χ3n) is 3.03. The lowest BCUT2D eigenvalue weighted by Gasteiger charge is -1.97. The Labute approximate surface area is 110 Å². The SMILES string of the molecule is CCOC(=O)c1cc2cc(-c3ccc[nH]3)ccc2[nH]1. The Morgan fingerprint density at radius 3 is 2.89 bits per heavy atom. The normalized spacial score (nSPS) is 10.8. The highest BCUT2D eigenvalue weighted by atomic mass is 16.5. The van der Waals surface area contributed by atoms with E-state index in [1.54, 1.807) is 6.92 Å². The lowest BCUT2D eigenvalue weighted by atomic mass is 10.1. The Hall–Kier alpha value is -2.49. The van der Waals surface area contributed by atoms with E-state index >= 15 is 0 Å². The molecule has 2 N–H and O–H groups in total. The minimum Gasteiger partial charge on any atom is -0.461 e. The largest absolute Gasteiger partial charge is 0.461 e. The number of hydrogen-bond acceptors (Lipinski definition) is 2. The van der Waals surface area contributed by atoms with E-state index in [0.717, 1.165) is 22.2 Å². The Bertz CT molecular complexity index is 711. The summed E-state index contributed by atoms with van der Waals surface area (Å²) < 4.78 is 4.98. The molecular weight excluding hydrogens is 240 g/mol. The zero-order chi connectivity index (χ0) is 13.2. The quantitative estimate of drug-likeness (QED) is 0.704. The fourth-order valence-corrected chi connectivity index (χ4v) is 2.13. The maximum absolute atomic E-state index is 11.7. The molecule has 0 unspecified atom stereocenters. The number of H-pyrrole nitrogens is 2. The molecule has 0 amide bonds. The van der Waals surface area contributed by atoms with Gasteiger partial charge in [0, 0.05) is 22.8 Å². The molecule has 0 bridgehead atoms. The van der Waals surface area contributed by atoms with Crippen LogP contribution in [0.2, 0.25) is 0 Å². The van der Waals surface area contributed by atoms with Gasteiger partial charge >= 0.3 is 5.97 Å². The highest BCUT2D eigenvalue weighted by Gasteiger charge is 2.10. The van der Waals surface area contributed by atoms with Gasteiger partial charge in [0.1, 0.15) is 5.69 Å². The highest BCUT2D eigenvalue weighted by molar-refractivity contribution is 5.96. The molecule has 19 heavy (non-hydrogen) atoms. The van der Waals surface area contributed by atoms with E-state index in [0.29, 0.717) is 12.3 Å². The number of rotatable bonds is 3. The first kappa shape index (κ1) is 11.6. The number of fused-ring (bicyclic) bond motifs is 1. The number of benzene rings is 1. The fraction of sp³-hybridized carbons (Fsp3) is 0.133. The minimum absolute atomic E-state index is 0.319. The Balaban J connectivity index is 2.02. The van der Waals surface area contributed by atoms with Crippen LogP contribution in [-0.4, -0.2) is 22.5 Å². The van der Waals surface area contributed by atoms with Crippen molar-refractivity contribution in [3.8, 4) is 11.3 Å². The van der Waals surface area contributed by atoms with Crippen molar-refractivity contribution in [3.63, 3.8) is 0 Å². The van der Waals surface area contributed by atoms with Crippen LogP contribution in [0.5, 0.6) is 0 Å². The van der Waals surface area contributed by atoms with E-state index in [2.05, 4.69) is 9.97 Å². The molecule has 96 valence electrons. The molecule has 2 aromatic heterocycles. The summed E-state index contributed by atoms with van der Waals surface area (Å²) in [6.45, 7) is 2.17. The fourth-order valence-electron chi connectivity index (χ4n) is 2.13. The monoisotopic (exact) mass is 254 g/mol. The number of carbonyl (C=O) groups excluding carboxylic acids is 1. The Kier molecular flexibility index (Phi) is 2.83. The predicted octanol–water partition coefficient (Wildman–Crippen LogP) is 3.34. The van der Waals surface area contributed by atoms with Crippen molar-refractivity contribution in [3.05, 3.63) is 48.3 Å². The molecule has 4 nitrogen and oxygen atoms in total.